The summed E-state index contributed by atoms with van der Waals surface area (Å²) in [6.07, 6.45) is 0.543. The third-order valence-corrected chi connectivity index (χ3v) is 4.08. The number of Topliss-reactive ketones (excluding diaryl/α,β-unsaturated/α-hetero) is 1. The van der Waals surface area contributed by atoms with E-state index in [1.165, 1.54) is 5.56 Å². The molecule has 2 rings (SSSR count). The molecule has 21 heavy (non-hydrogen) atoms. The molecule has 1 aromatic carbocycles. The van der Waals surface area contributed by atoms with Crippen LogP contribution < -0.4 is 0 Å². The molecule has 1 unspecified atom stereocenters. The van der Waals surface area contributed by atoms with Gasteiger partial charge in [0.1, 0.15) is 0 Å². The van der Waals surface area contributed by atoms with Crippen LogP contribution in [0.15, 0.2) is 18.2 Å². The van der Waals surface area contributed by atoms with Crippen LogP contribution in [0.3, 0.4) is 0 Å². The average Bonchev–Trinajstić information content (AvgIpc) is 2.47. The molecule has 1 atom stereocenters. The first-order chi connectivity index (χ1) is 9.99. The highest BCUT2D eigenvalue weighted by molar-refractivity contribution is 5.98. The molecular formula is C17H23NO3. The molecule has 0 N–H and O–H groups in total. The molecule has 1 aliphatic heterocycles. The predicted octanol–water partition coefficient (Wildman–Crippen LogP) is 2.51. The summed E-state index contributed by atoms with van der Waals surface area (Å²) in [5.41, 5.74) is 2.97. The Kier molecular flexibility index (Phi) is 5.12. The van der Waals surface area contributed by atoms with Crippen LogP contribution >= 0.6 is 0 Å². The van der Waals surface area contributed by atoms with E-state index in [1.807, 2.05) is 43.9 Å². The van der Waals surface area contributed by atoms with Crippen molar-refractivity contribution < 1.29 is 14.3 Å². The number of benzene rings is 1. The van der Waals surface area contributed by atoms with E-state index in [4.69, 9.17) is 4.74 Å². The predicted molar refractivity (Wildman–Crippen MR) is 81.5 cm³/mol. The SMILES string of the molecule is Cc1ccc(C(=O)CCC(=O)N2CCOCC2C)cc1C. The Hall–Kier alpha value is -1.68. The molecule has 114 valence electrons. The Morgan fingerprint density at radius 2 is 2.00 bits per heavy atom. The first kappa shape index (κ1) is 15.7. The highest BCUT2D eigenvalue weighted by Crippen LogP contribution is 2.14. The molecule has 1 saturated heterocycles. The lowest BCUT2D eigenvalue weighted by Crippen LogP contribution is -2.47. The summed E-state index contributed by atoms with van der Waals surface area (Å²) in [5, 5.41) is 0. The second-order valence-corrected chi connectivity index (χ2v) is 5.73. The van der Waals surface area contributed by atoms with Crippen LogP contribution in [0.5, 0.6) is 0 Å². The molecule has 0 bridgehead atoms. The summed E-state index contributed by atoms with van der Waals surface area (Å²) >= 11 is 0. The van der Waals surface area contributed by atoms with Crippen molar-refractivity contribution in [2.24, 2.45) is 0 Å². The number of ketones is 1. The Morgan fingerprint density at radius 1 is 1.24 bits per heavy atom. The number of hydrogen-bond donors (Lipinski definition) is 0. The molecule has 4 nitrogen and oxygen atoms in total. The third-order valence-electron chi connectivity index (χ3n) is 4.08. The fourth-order valence-corrected chi connectivity index (χ4v) is 2.52. The second kappa shape index (κ2) is 6.85. The molecule has 0 saturated carbocycles. The van der Waals surface area contributed by atoms with Crippen molar-refractivity contribution in [3.8, 4) is 0 Å². The Labute approximate surface area is 126 Å². The number of morpholine rings is 1. The molecule has 1 heterocycles. The van der Waals surface area contributed by atoms with E-state index in [2.05, 4.69) is 0 Å². The number of hydrogen-bond acceptors (Lipinski definition) is 3. The maximum absolute atomic E-state index is 12.2. The van der Waals surface area contributed by atoms with E-state index in [-0.39, 0.29) is 30.6 Å². The molecule has 1 aromatic rings. The smallest absolute Gasteiger partial charge is 0.223 e. The van der Waals surface area contributed by atoms with Gasteiger partial charge in [0, 0.05) is 24.9 Å². The van der Waals surface area contributed by atoms with Crippen LogP contribution in [0.25, 0.3) is 0 Å². The Morgan fingerprint density at radius 3 is 2.67 bits per heavy atom. The van der Waals surface area contributed by atoms with Crippen LogP contribution in [0, 0.1) is 13.8 Å². The van der Waals surface area contributed by atoms with Crippen LogP contribution in [0.4, 0.5) is 0 Å². The summed E-state index contributed by atoms with van der Waals surface area (Å²) in [6.45, 7) is 7.78. The lowest BCUT2D eigenvalue weighted by atomic mass is 10.0. The maximum Gasteiger partial charge on any atom is 0.223 e. The number of nitrogens with zero attached hydrogens (tertiary/aromatic N) is 1. The Balaban J connectivity index is 1.91. The van der Waals surface area contributed by atoms with Crippen molar-refractivity contribution in [3.05, 3.63) is 34.9 Å². The van der Waals surface area contributed by atoms with Gasteiger partial charge in [0.25, 0.3) is 0 Å². The minimum Gasteiger partial charge on any atom is -0.377 e. The van der Waals surface area contributed by atoms with E-state index < -0.39 is 0 Å². The van der Waals surface area contributed by atoms with E-state index in [0.717, 1.165) is 5.56 Å². The molecule has 1 aliphatic rings. The van der Waals surface area contributed by atoms with Crippen molar-refractivity contribution in [1.82, 2.24) is 4.90 Å². The van der Waals surface area contributed by atoms with E-state index >= 15 is 0 Å². The monoisotopic (exact) mass is 289 g/mol. The summed E-state index contributed by atoms with van der Waals surface area (Å²) < 4.78 is 5.32. The quantitative estimate of drug-likeness (QED) is 0.800. The molecule has 0 radical (unpaired) electrons. The minimum atomic E-state index is 0.0346. The van der Waals surface area contributed by atoms with E-state index in [0.29, 0.717) is 25.3 Å². The number of carbonyl (C=O) groups excluding carboxylic acids is 2. The molecular weight excluding hydrogens is 266 g/mol. The number of ether oxygens (including phenoxy) is 1. The van der Waals surface area contributed by atoms with Gasteiger partial charge in [-0.3, -0.25) is 9.59 Å². The molecule has 0 spiro atoms. The van der Waals surface area contributed by atoms with Gasteiger partial charge >= 0.3 is 0 Å². The molecule has 1 amide bonds. The van der Waals surface area contributed by atoms with E-state index in [1.54, 1.807) is 0 Å². The first-order valence-electron chi connectivity index (χ1n) is 7.46. The zero-order valence-electron chi connectivity index (χ0n) is 13.0. The third kappa shape index (κ3) is 3.91. The zero-order valence-corrected chi connectivity index (χ0v) is 13.0. The van der Waals surface area contributed by atoms with E-state index in [9.17, 15) is 9.59 Å². The second-order valence-electron chi connectivity index (χ2n) is 5.73. The zero-order chi connectivity index (χ0) is 15.4. The van der Waals surface area contributed by atoms with Crippen molar-refractivity contribution in [2.75, 3.05) is 19.8 Å². The summed E-state index contributed by atoms with van der Waals surface area (Å²) in [7, 11) is 0. The van der Waals surface area contributed by atoms with Gasteiger partial charge in [0.05, 0.1) is 19.3 Å². The van der Waals surface area contributed by atoms with Gasteiger partial charge in [0.2, 0.25) is 5.91 Å². The van der Waals surface area contributed by atoms with Crippen molar-refractivity contribution in [2.45, 2.75) is 39.7 Å². The molecule has 4 heteroatoms. The number of carbonyl (C=O) groups is 2. The van der Waals surface area contributed by atoms with Crippen LogP contribution in [0.1, 0.15) is 41.3 Å². The molecule has 0 aliphatic carbocycles. The summed E-state index contributed by atoms with van der Waals surface area (Å²) in [4.78, 5) is 26.2. The average molecular weight is 289 g/mol. The number of amides is 1. The largest absolute Gasteiger partial charge is 0.377 e. The lowest BCUT2D eigenvalue weighted by molar-refractivity contribution is -0.139. The first-order valence-corrected chi connectivity index (χ1v) is 7.46. The summed E-state index contributed by atoms with van der Waals surface area (Å²) in [6, 6.07) is 5.79. The van der Waals surface area contributed by atoms with Crippen molar-refractivity contribution in [3.63, 3.8) is 0 Å². The number of rotatable bonds is 4. The highest BCUT2D eigenvalue weighted by atomic mass is 16.5. The van der Waals surface area contributed by atoms with Gasteiger partial charge in [-0.25, -0.2) is 0 Å². The van der Waals surface area contributed by atoms with Crippen LogP contribution in [-0.4, -0.2) is 42.4 Å². The van der Waals surface area contributed by atoms with Gasteiger partial charge in [-0.2, -0.15) is 0 Å². The summed E-state index contributed by atoms with van der Waals surface area (Å²) in [5.74, 6) is 0.0790. The number of aryl methyl sites for hydroxylation is 2. The van der Waals surface area contributed by atoms with Gasteiger partial charge in [-0.15, -0.1) is 0 Å². The molecule has 0 aromatic heterocycles. The topological polar surface area (TPSA) is 46.6 Å². The van der Waals surface area contributed by atoms with Crippen molar-refractivity contribution >= 4 is 11.7 Å². The van der Waals surface area contributed by atoms with Gasteiger partial charge in [-0.05, 0) is 38.0 Å². The standard InChI is InChI=1S/C17H23NO3/c1-12-4-5-15(10-13(12)2)16(19)6-7-17(20)18-8-9-21-11-14(18)3/h4-5,10,14H,6-9,11H2,1-3H3. The fraction of sp³-hybridized carbons (Fsp3) is 0.529. The van der Waals surface area contributed by atoms with Gasteiger partial charge in [0.15, 0.2) is 5.78 Å². The maximum atomic E-state index is 12.2. The Bertz CT molecular complexity index is 539. The van der Waals surface area contributed by atoms with Gasteiger partial charge in [-0.1, -0.05) is 12.1 Å². The lowest BCUT2D eigenvalue weighted by Gasteiger charge is -2.33. The molecule has 1 fully saturated rings. The normalized spacial score (nSPS) is 18.6. The fourth-order valence-electron chi connectivity index (χ4n) is 2.52. The van der Waals surface area contributed by atoms with Crippen LogP contribution in [0.2, 0.25) is 0 Å². The highest BCUT2D eigenvalue weighted by Gasteiger charge is 2.23. The van der Waals surface area contributed by atoms with Crippen molar-refractivity contribution in [1.29, 1.82) is 0 Å². The van der Waals surface area contributed by atoms with Crippen LogP contribution in [-0.2, 0) is 9.53 Å². The minimum absolute atomic E-state index is 0.0346. The van der Waals surface area contributed by atoms with Gasteiger partial charge < -0.3 is 9.64 Å².